The summed E-state index contributed by atoms with van der Waals surface area (Å²) < 4.78 is 5.50. The first-order valence-corrected chi connectivity index (χ1v) is 5.39. The second-order valence-corrected chi connectivity index (χ2v) is 3.99. The van der Waals surface area contributed by atoms with Gasteiger partial charge in [0, 0.05) is 17.7 Å². The fourth-order valence-electron chi connectivity index (χ4n) is 1.74. The van der Waals surface area contributed by atoms with Crippen molar-refractivity contribution >= 4 is 11.6 Å². The van der Waals surface area contributed by atoms with Gasteiger partial charge in [-0.25, -0.2) is 0 Å². The number of aliphatic hydroxyl groups is 1. The molecule has 0 spiro atoms. The number of hydrogen-bond acceptors (Lipinski definition) is 3. The summed E-state index contributed by atoms with van der Waals surface area (Å²) in [6.45, 7) is 1.95. The number of aliphatic hydroxyl groups excluding tert-OH is 1. The number of rotatable bonds is 3. The SMILES string of the molecule is CC(O)COc1cccc2c1CCC(=O)N2. The van der Waals surface area contributed by atoms with E-state index in [0.717, 1.165) is 17.0 Å². The van der Waals surface area contributed by atoms with E-state index in [0.29, 0.717) is 12.8 Å². The number of hydrogen-bond donors (Lipinski definition) is 2. The van der Waals surface area contributed by atoms with Crippen LogP contribution in [0.3, 0.4) is 0 Å². The Labute approximate surface area is 94.2 Å². The van der Waals surface area contributed by atoms with Crippen LogP contribution in [0.2, 0.25) is 0 Å². The third kappa shape index (κ3) is 2.33. The summed E-state index contributed by atoms with van der Waals surface area (Å²) in [5.74, 6) is 0.790. The number of ether oxygens (including phenoxy) is 1. The molecule has 1 amide bonds. The molecule has 1 aromatic carbocycles. The molecule has 4 heteroatoms. The summed E-state index contributed by atoms with van der Waals surface area (Å²) >= 11 is 0. The Bertz CT molecular complexity index is 401. The molecule has 0 fully saturated rings. The zero-order valence-electron chi connectivity index (χ0n) is 9.19. The second kappa shape index (κ2) is 4.53. The maximum atomic E-state index is 11.2. The predicted octanol–water partition coefficient (Wildman–Crippen LogP) is 1.33. The van der Waals surface area contributed by atoms with E-state index in [1.807, 2.05) is 18.2 Å². The minimum atomic E-state index is -0.492. The number of anilines is 1. The van der Waals surface area contributed by atoms with Gasteiger partial charge in [0.1, 0.15) is 12.4 Å². The number of benzene rings is 1. The molecule has 0 saturated heterocycles. The van der Waals surface area contributed by atoms with Crippen molar-refractivity contribution in [3.05, 3.63) is 23.8 Å². The molecule has 1 heterocycles. The standard InChI is InChI=1S/C12H15NO3/c1-8(14)7-16-11-4-2-3-10-9(11)5-6-12(15)13-10/h2-4,8,14H,5-7H2,1H3,(H,13,15). The molecule has 0 bridgehead atoms. The Hall–Kier alpha value is -1.55. The lowest BCUT2D eigenvalue weighted by atomic mass is 10.0. The molecule has 2 N–H and O–H groups in total. The number of carbonyl (C=O) groups is 1. The zero-order valence-corrected chi connectivity index (χ0v) is 9.19. The maximum Gasteiger partial charge on any atom is 0.224 e. The van der Waals surface area contributed by atoms with Crippen LogP contribution in [0.5, 0.6) is 5.75 Å². The molecule has 1 unspecified atom stereocenters. The van der Waals surface area contributed by atoms with Crippen LogP contribution in [-0.4, -0.2) is 23.7 Å². The first-order chi connectivity index (χ1) is 7.66. The Morgan fingerprint density at radius 2 is 2.31 bits per heavy atom. The van der Waals surface area contributed by atoms with Crippen molar-refractivity contribution in [2.75, 3.05) is 11.9 Å². The highest BCUT2D eigenvalue weighted by Gasteiger charge is 2.18. The van der Waals surface area contributed by atoms with Gasteiger partial charge in [-0.3, -0.25) is 4.79 Å². The summed E-state index contributed by atoms with van der Waals surface area (Å²) in [5.41, 5.74) is 1.84. The van der Waals surface area contributed by atoms with Crippen molar-refractivity contribution < 1.29 is 14.6 Å². The molecule has 0 aliphatic carbocycles. The van der Waals surface area contributed by atoms with E-state index >= 15 is 0 Å². The van der Waals surface area contributed by atoms with E-state index in [-0.39, 0.29) is 12.5 Å². The normalized spacial score (nSPS) is 16.2. The smallest absolute Gasteiger partial charge is 0.224 e. The van der Waals surface area contributed by atoms with Gasteiger partial charge < -0.3 is 15.2 Å². The van der Waals surface area contributed by atoms with Crippen LogP contribution in [0, 0.1) is 0 Å². The molecule has 1 atom stereocenters. The van der Waals surface area contributed by atoms with Gasteiger partial charge >= 0.3 is 0 Å². The number of nitrogens with one attached hydrogen (secondary N) is 1. The first kappa shape index (κ1) is 11.0. The molecule has 0 radical (unpaired) electrons. The molecular weight excluding hydrogens is 206 g/mol. The fourth-order valence-corrected chi connectivity index (χ4v) is 1.74. The molecule has 0 saturated carbocycles. The maximum absolute atomic E-state index is 11.2. The van der Waals surface area contributed by atoms with Crippen LogP contribution in [0.25, 0.3) is 0 Å². The van der Waals surface area contributed by atoms with Gasteiger partial charge in [-0.2, -0.15) is 0 Å². The van der Waals surface area contributed by atoms with Crippen LogP contribution < -0.4 is 10.1 Å². The zero-order chi connectivity index (χ0) is 11.5. The van der Waals surface area contributed by atoms with Crippen LogP contribution in [0.1, 0.15) is 18.9 Å². The quantitative estimate of drug-likeness (QED) is 0.809. The summed E-state index contributed by atoms with van der Waals surface area (Å²) in [4.78, 5) is 11.2. The van der Waals surface area contributed by atoms with E-state index < -0.39 is 6.10 Å². The number of carbonyl (C=O) groups excluding carboxylic acids is 1. The van der Waals surface area contributed by atoms with Crippen LogP contribution in [0.15, 0.2) is 18.2 Å². The van der Waals surface area contributed by atoms with E-state index in [1.54, 1.807) is 6.92 Å². The minimum Gasteiger partial charge on any atom is -0.491 e. The van der Waals surface area contributed by atoms with Gasteiger partial charge in [-0.1, -0.05) is 6.07 Å². The lowest BCUT2D eigenvalue weighted by Crippen LogP contribution is -2.20. The highest BCUT2D eigenvalue weighted by atomic mass is 16.5. The van der Waals surface area contributed by atoms with E-state index in [2.05, 4.69) is 5.32 Å². The van der Waals surface area contributed by atoms with Crippen molar-refractivity contribution in [1.29, 1.82) is 0 Å². The lowest BCUT2D eigenvalue weighted by molar-refractivity contribution is -0.116. The molecule has 1 aliphatic rings. The van der Waals surface area contributed by atoms with Crippen molar-refractivity contribution in [3.8, 4) is 5.75 Å². The highest BCUT2D eigenvalue weighted by molar-refractivity contribution is 5.94. The van der Waals surface area contributed by atoms with Crippen molar-refractivity contribution in [2.24, 2.45) is 0 Å². The first-order valence-electron chi connectivity index (χ1n) is 5.39. The van der Waals surface area contributed by atoms with Gasteiger partial charge in [0.25, 0.3) is 0 Å². The van der Waals surface area contributed by atoms with Gasteiger partial charge in [0.15, 0.2) is 0 Å². The highest BCUT2D eigenvalue weighted by Crippen LogP contribution is 2.30. The summed E-state index contributed by atoms with van der Waals surface area (Å²) in [7, 11) is 0. The molecule has 0 aromatic heterocycles. The number of amides is 1. The molecule has 2 rings (SSSR count). The second-order valence-electron chi connectivity index (χ2n) is 3.99. The number of fused-ring (bicyclic) bond motifs is 1. The molecule has 1 aromatic rings. The minimum absolute atomic E-state index is 0.0418. The Morgan fingerprint density at radius 3 is 3.06 bits per heavy atom. The Morgan fingerprint density at radius 1 is 1.50 bits per heavy atom. The van der Waals surface area contributed by atoms with E-state index in [4.69, 9.17) is 9.84 Å². The van der Waals surface area contributed by atoms with Crippen molar-refractivity contribution in [3.63, 3.8) is 0 Å². The third-order valence-corrected chi connectivity index (χ3v) is 2.49. The third-order valence-electron chi connectivity index (χ3n) is 2.49. The largest absolute Gasteiger partial charge is 0.491 e. The molecule has 16 heavy (non-hydrogen) atoms. The Kier molecular flexibility index (Phi) is 3.10. The molecule has 1 aliphatic heterocycles. The van der Waals surface area contributed by atoms with Gasteiger partial charge in [0.2, 0.25) is 5.91 Å². The average Bonchev–Trinajstić information content (AvgIpc) is 2.25. The fraction of sp³-hybridized carbons (Fsp3) is 0.417. The molecule has 86 valence electrons. The molecule has 4 nitrogen and oxygen atoms in total. The average molecular weight is 221 g/mol. The summed E-state index contributed by atoms with van der Waals surface area (Å²) in [6, 6.07) is 5.56. The monoisotopic (exact) mass is 221 g/mol. The summed E-state index contributed by atoms with van der Waals surface area (Å²) in [6.07, 6.45) is 0.688. The lowest BCUT2D eigenvalue weighted by Gasteiger charge is -2.20. The van der Waals surface area contributed by atoms with Gasteiger partial charge in [-0.15, -0.1) is 0 Å². The van der Waals surface area contributed by atoms with E-state index in [9.17, 15) is 4.79 Å². The summed E-state index contributed by atoms with van der Waals surface area (Å²) in [5, 5.41) is 12.0. The van der Waals surface area contributed by atoms with E-state index in [1.165, 1.54) is 0 Å². The van der Waals surface area contributed by atoms with Crippen LogP contribution >= 0.6 is 0 Å². The van der Waals surface area contributed by atoms with Crippen LogP contribution in [-0.2, 0) is 11.2 Å². The van der Waals surface area contributed by atoms with Gasteiger partial charge in [0.05, 0.1) is 6.10 Å². The van der Waals surface area contributed by atoms with Crippen molar-refractivity contribution in [2.45, 2.75) is 25.9 Å². The van der Waals surface area contributed by atoms with Crippen molar-refractivity contribution in [1.82, 2.24) is 0 Å². The topological polar surface area (TPSA) is 58.6 Å². The van der Waals surface area contributed by atoms with Crippen LogP contribution in [0.4, 0.5) is 5.69 Å². The predicted molar refractivity (Wildman–Crippen MR) is 60.6 cm³/mol. The van der Waals surface area contributed by atoms with Gasteiger partial charge in [-0.05, 0) is 25.5 Å². The molecular formula is C12H15NO3. The Balaban J connectivity index is 2.20.